The Morgan fingerprint density at radius 1 is 1.44 bits per heavy atom. The topological polar surface area (TPSA) is 35.4 Å². The van der Waals surface area contributed by atoms with Crippen LogP contribution in [0.1, 0.15) is 18.4 Å². The lowest BCUT2D eigenvalue weighted by Crippen LogP contribution is -2.26. The van der Waals surface area contributed by atoms with Crippen molar-refractivity contribution in [3.8, 4) is 0 Å². The lowest BCUT2D eigenvalue weighted by atomic mass is 10.2. The highest BCUT2D eigenvalue weighted by molar-refractivity contribution is 14.1. The number of benzene rings is 1. The summed E-state index contributed by atoms with van der Waals surface area (Å²) in [5, 5.41) is 0. The van der Waals surface area contributed by atoms with E-state index in [1.165, 1.54) is 5.56 Å². The van der Waals surface area contributed by atoms with Gasteiger partial charge in [-0.2, -0.15) is 0 Å². The molecule has 0 amide bonds. The SMILES string of the molecule is Cc1ccc([S+]2([O-])=NC(CI)CCC2)cc1. The lowest BCUT2D eigenvalue weighted by Gasteiger charge is -2.28. The first kappa shape index (κ1) is 12.5. The van der Waals surface area contributed by atoms with Gasteiger partial charge in [0, 0.05) is 4.43 Å². The van der Waals surface area contributed by atoms with Crippen LogP contribution in [0.5, 0.6) is 0 Å². The summed E-state index contributed by atoms with van der Waals surface area (Å²) in [6.07, 6.45) is 2.12. The fourth-order valence-corrected chi connectivity index (χ4v) is 5.04. The van der Waals surface area contributed by atoms with E-state index in [0.717, 1.165) is 27.9 Å². The minimum absolute atomic E-state index is 0.281. The fourth-order valence-electron chi connectivity index (χ4n) is 1.90. The third kappa shape index (κ3) is 2.65. The first-order valence-corrected chi connectivity index (χ1v) is 8.72. The van der Waals surface area contributed by atoms with Crippen LogP contribution < -0.4 is 0 Å². The molecule has 1 aromatic rings. The lowest BCUT2D eigenvalue weighted by molar-refractivity contribution is 0.548. The molecule has 88 valence electrons. The van der Waals surface area contributed by atoms with Crippen LogP contribution in [-0.2, 0) is 10.1 Å². The van der Waals surface area contributed by atoms with Crippen LogP contribution >= 0.6 is 22.6 Å². The molecule has 0 aromatic heterocycles. The van der Waals surface area contributed by atoms with Gasteiger partial charge in [0.2, 0.25) is 0 Å². The van der Waals surface area contributed by atoms with E-state index in [4.69, 9.17) is 0 Å². The number of nitrogens with zero attached hydrogens (tertiary/aromatic N) is 1. The van der Waals surface area contributed by atoms with Crippen molar-refractivity contribution >= 4 is 32.7 Å². The molecule has 1 heterocycles. The van der Waals surface area contributed by atoms with Gasteiger partial charge in [0.1, 0.15) is 10.9 Å². The molecule has 1 aliphatic heterocycles. The van der Waals surface area contributed by atoms with Crippen LogP contribution in [0.2, 0.25) is 0 Å². The molecule has 4 heteroatoms. The summed E-state index contributed by atoms with van der Waals surface area (Å²) in [6.45, 7) is 2.04. The molecule has 2 unspecified atom stereocenters. The summed E-state index contributed by atoms with van der Waals surface area (Å²) >= 11 is 2.33. The van der Waals surface area contributed by atoms with Gasteiger partial charge < -0.3 is 4.55 Å². The van der Waals surface area contributed by atoms with Crippen molar-refractivity contribution in [1.82, 2.24) is 0 Å². The minimum Gasteiger partial charge on any atom is -0.626 e. The third-order valence-electron chi connectivity index (χ3n) is 2.85. The van der Waals surface area contributed by atoms with E-state index < -0.39 is 10.1 Å². The van der Waals surface area contributed by atoms with Crippen molar-refractivity contribution in [3.63, 3.8) is 0 Å². The quantitative estimate of drug-likeness (QED) is 0.458. The zero-order valence-corrected chi connectivity index (χ0v) is 12.3. The van der Waals surface area contributed by atoms with Gasteiger partial charge in [-0.3, -0.25) is 0 Å². The summed E-state index contributed by atoms with van der Waals surface area (Å²) in [5.74, 6) is 0.725. The van der Waals surface area contributed by atoms with Gasteiger partial charge in [-0.05, 0) is 42.0 Å². The molecule has 0 spiro atoms. The standard InChI is InChI=1S/C12H16INOS/c1-10-4-6-12(7-5-10)16(15)8-2-3-11(9-13)14-16/h4-7,11H,2-3,8-9H2,1H3. The fraction of sp³-hybridized carbons (Fsp3) is 0.500. The van der Waals surface area contributed by atoms with Crippen LogP contribution in [0.15, 0.2) is 33.5 Å². The Morgan fingerprint density at radius 2 is 2.12 bits per heavy atom. The summed E-state index contributed by atoms with van der Waals surface area (Å²) in [5.41, 5.74) is 1.20. The van der Waals surface area contributed by atoms with Crippen molar-refractivity contribution in [2.75, 3.05) is 10.2 Å². The maximum absolute atomic E-state index is 12.7. The molecule has 16 heavy (non-hydrogen) atoms. The molecule has 0 aliphatic carbocycles. The summed E-state index contributed by atoms with van der Waals surface area (Å²) in [7, 11) is -2.13. The Kier molecular flexibility index (Phi) is 4.02. The van der Waals surface area contributed by atoms with Gasteiger partial charge in [0.15, 0.2) is 0 Å². The first-order valence-electron chi connectivity index (χ1n) is 5.51. The largest absolute Gasteiger partial charge is 0.626 e. The molecule has 0 saturated heterocycles. The van der Waals surface area contributed by atoms with Crippen molar-refractivity contribution < 1.29 is 4.55 Å². The normalized spacial score (nSPS) is 29.8. The molecule has 2 nitrogen and oxygen atoms in total. The van der Waals surface area contributed by atoms with Crippen LogP contribution in [0.3, 0.4) is 0 Å². The van der Waals surface area contributed by atoms with Gasteiger partial charge in [-0.1, -0.05) is 40.3 Å². The van der Waals surface area contributed by atoms with Crippen LogP contribution in [0.4, 0.5) is 0 Å². The predicted molar refractivity (Wildman–Crippen MR) is 76.8 cm³/mol. The van der Waals surface area contributed by atoms with Crippen LogP contribution in [-0.4, -0.2) is 20.8 Å². The maximum atomic E-state index is 12.7. The number of alkyl halides is 1. The first-order chi connectivity index (χ1) is 7.64. The zero-order chi connectivity index (χ0) is 11.6. The third-order valence-corrected chi connectivity index (χ3v) is 6.35. The molecular weight excluding hydrogens is 333 g/mol. The van der Waals surface area contributed by atoms with E-state index in [1.807, 2.05) is 31.2 Å². The Bertz CT molecular complexity index is 416. The van der Waals surface area contributed by atoms with Crippen molar-refractivity contribution in [2.45, 2.75) is 30.7 Å². The number of rotatable bonds is 2. The average molecular weight is 349 g/mol. The summed E-state index contributed by atoms with van der Waals surface area (Å²) in [6, 6.07) is 8.26. The van der Waals surface area contributed by atoms with Gasteiger partial charge in [0.25, 0.3) is 0 Å². The Labute approximate surface area is 112 Å². The second-order valence-corrected chi connectivity index (χ2v) is 7.47. The molecule has 0 bridgehead atoms. The van der Waals surface area contributed by atoms with E-state index in [0.29, 0.717) is 0 Å². The van der Waals surface area contributed by atoms with Gasteiger partial charge in [0.05, 0.1) is 5.75 Å². The molecule has 0 fully saturated rings. The second-order valence-electron chi connectivity index (χ2n) is 4.21. The second kappa shape index (κ2) is 5.14. The summed E-state index contributed by atoms with van der Waals surface area (Å²) < 4.78 is 18.2. The number of aryl methyl sites for hydroxylation is 1. The van der Waals surface area contributed by atoms with Gasteiger partial charge >= 0.3 is 0 Å². The highest BCUT2D eigenvalue weighted by atomic mass is 127. The van der Waals surface area contributed by atoms with E-state index >= 15 is 0 Å². The van der Waals surface area contributed by atoms with E-state index in [2.05, 4.69) is 27.0 Å². The molecule has 2 rings (SSSR count). The number of hydrogen-bond acceptors (Lipinski definition) is 2. The predicted octanol–water partition coefficient (Wildman–Crippen LogP) is 3.42. The number of halogens is 1. The molecule has 0 N–H and O–H groups in total. The van der Waals surface area contributed by atoms with Crippen LogP contribution in [0, 0.1) is 6.92 Å². The zero-order valence-electron chi connectivity index (χ0n) is 9.36. The monoisotopic (exact) mass is 349 g/mol. The Balaban J connectivity index is 2.37. The van der Waals surface area contributed by atoms with Crippen molar-refractivity contribution in [3.05, 3.63) is 29.8 Å². The van der Waals surface area contributed by atoms with Gasteiger partial charge in [-0.15, -0.1) is 4.36 Å². The number of hydrogen-bond donors (Lipinski definition) is 0. The molecule has 0 radical (unpaired) electrons. The Hall–Kier alpha value is 0.0600. The highest BCUT2D eigenvalue weighted by Gasteiger charge is 2.25. The van der Waals surface area contributed by atoms with Crippen molar-refractivity contribution in [1.29, 1.82) is 0 Å². The molecule has 1 aromatic carbocycles. The Morgan fingerprint density at radius 3 is 2.75 bits per heavy atom. The molecule has 1 aliphatic rings. The van der Waals surface area contributed by atoms with Crippen LogP contribution in [0.25, 0.3) is 0 Å². The minimum atomic E-state index is -2.13. The maximum Gasteiger partial charge on any atom is 0.136 e. The summed E-state index contributed by atoms with van der Waals surface area (Å²) in [4.78, 5) is 0.910. The molecule has 0 saturated carbocycles. The molecule has 2 atom stereocenters. The smallest absolute Gasteiger partial charge is 0.136 e. The van der Waals surface area contributed by atoms with E-state index in [1.54, 1.807) is 0 Å². The van der Waals surface area contributed by atoms with Crippen molar-refractivity contribution in [2.24, 2.45) is 4.36 Å². The molecular formula is C12H16INOS. The average Bonchev–Trinajstić information content (AvgIpc) is 2.29. The van der Waals surface area contributed by atoms with Gasteiger partial charge in [-0.25, -0.2) is 0 Å². The highest BCUT2D eigenvalue weighted by Crippen LogP contribution is 2.28. The van der Waals surface area contributed by atoms with E-state index in [9.17, 15) is 4.55 Å². The van der Waals surface area contributed by atoms with E-state index in [-0.39, 0.29) is 6.04 Å².